The number of likely N-dealkylation sites (tertiary alicyclic amines) is 1. The fourth-order valence-electron chi connectivity index (χ4n) is 4.40. The van der Waals surface area contributed by atoms with E-state index in [-0.39, 0.29) is 5.91 Å². The number of piperidine rings is 1. The molecule has 0 atom stereocenters. The van der Waals surface area contributed by atoms with Gasteiger partial charge in [-0.05, 0) is 79.7 Å². The van der Waals surface area contributed by atoms with Crippen LogP contribution in [-0.4, -0.2) is 53.5 Å². The van der Waals surface area contributed by atoms with Gasteiger partial charge in [0.1, 0.15) is 0 Å². The molecule has 0 saturated carbocycles. The maximum atomic E-state index is 12.6. The highest BCUT2D eigenvalue weighted by Crippen LogP contribution is 2.18. The molecule has 1 saturated heterocycles. The summed E-state index contributed by atoms with van der Waals surface area (Å²) >= 11 is 5.43. The van der Waals surface area contributed by atoms with Crippen molar-refractivity contribution in [2.45, 2.75) is 38.6 Å². The number of hydrogen-bond acceptors (Lipinski definition) is 3. The van der Waals surface area contributed by atoms with Crippen LogP contribution in [0.2, 0.25) is 0 Å². The second kappa shape index (κ2) is 10.7. The summed E-state index contributed by atoms with van der Waals surface area (Å²) in [5.74, 6) is 0.132. The van der Waals surface area contributed by atoms with Crippen molar-refractivity contribution in [3.63, 3.8) is 0 Å². The Morgan fingerprint density at radius 2 is 1.68 bits per heavy atom. The van der Waals surface area contributed by atoms with Crippen LogP contribution in [0.1, 0.15) is 47.2 Å². The van der Waals surface area contributed by atoms with Gasteiger partial charge in [-0.25, -0.2) is 0 Å². The van der Waals surface area contributed by atoms with E-state index >= 15 is 0 Å². The summed E-state index contributed by atoms with van der Waals surface area (Å²) in [6.45, 7) is 5.82. The minimum absolute atomic E-state index is 0.132. The first-order valence-corrected chi connectivity index (χ1v) is 11.8. The number of nitrogens with zero attached hydrogens (tertiary/aromatic N) is 2. The predicted octanol–water partition coefficient (Wildman–Crippen LogP) is 4.05. The van der Waals surface area contributed by atoms with Gasteiger partial charge in [-0.2, -0.15) is 0 Å². The fourth-order valence-corrected chi connectivity index (χ4v) is 4.62. The molecule has 2 aliphatic heterocycles. The van der Waals surface area contributed by atoms with E-state index in [0.29, 0.717) is 5.11 Å². The zero-order valence-corrected chi connectivity index (χ0v) is 18.9. The second-order valence-electron chi connectivity index (χ2n) is 8.46. The molecule has 31 heavy (non-hydrogen) atoms. The van der Waals surface area contributed by atoms with Gasteiger partial charge >= 0.3 is 0 Å². The monoisotopic (exact) mass is 436 g/mol. The molecule has 0 aliphatic carbocycles. The normalized spacial score (nSPS) is 16.5. The summed E-state index contributed by atoms with van der Waals surface area (Å²) in [6, 6.07) is 16.4. The first-order chi connectivity index (χ1) is 15.2. The molecule has 1 amide bonds. The van der Waals surface area contributed by atoms with Gasteiger partial charge in [-0.1, -0.05) is 24.3 Å². The molecule has 4 rings (SSSR count). The Morgan fingerprint density at radius 3 is 2.45 bits per heavy atom. The van der Waals surface area contributed by atoms with Crippen LogP contribution in [0.25, 0.3) is 0 Å². The Kier molecular flexibility index (Phi) is 7.54. The number of benzene rings is 2. The molecule has 2 aromatic carbocycles. The van der Waals surface area contributed by atoms with Crippen molar-refractivity contribution in [2.75, 3.05) is 38.0 Å². The van der Waals surface area contributed by atoms with Gasteiger partial charge in [0, 0.05) is 50.5 Å². The van der Waals surface area contributed by atoms with E-state index in [1.54, 1.807) is 0 Å². The van der Waals surface area contributed by atoms with Crippen LogP contribution < -0.4 is 10.6 Å². The van der Waals surface area contributed by atoms with Gasteiger partial charge in [0.05, 0.1) is 0 Å². The minimum Gasteiger partial charge on any atom is -0.362 e. The van der Waals surface area contributed by atoms with E-state index < -0.39 is 0 Å². The van der Waals surface area contributed by atoms with Crippen LogP contribution in [0.3, 0.4) is 0 Å². The molecule has 0 radical (unpaired) electrons. The zero-order valence-electron chi connectivity index (χ0n) is 18.1. The minimum atomic E-state index is 0.132. The Morgan fingerprint density at radius 1 is 0.935 bits per heavy atom. The summed E-state index contributed by atoms with van der Waals surface area (Å²) in [5, 5.41) is 7.14. The van der Waals surface area contributed by atoms with Crippen LogP contribution in [-0.2, 0) is 13.0 Å². The Labute approximate surface area is 190 Å². The molecule has 0 spiro atoms. The first kappa shape index (κ1) is 21.8. The number of thiocarbonyl (C=S) groups is 1. The SMILES string of the molecule is O=C(c1ccc(NC(=S)NCCCN2CCc3ccccc3C2)cc1)N1CCCCC1. The van der Waals surface area contributed by atoms with Crippen molar-refractivity contribution in [1.82, 2.24) is 15.1 Å². The summed E-state index contributed by atoms with van der Waals surface area (Å²) in [4.78, 5) is 17.0. The lowest BCUT2D eigenvalue weighted by Gasteiger charge is -2.28. The maximum absolute atomic E-state index is 12.6. The number of hydrogen-bond donors (Lipinski definition) is 2. The lowest BCUT2D eigenvalue weighted by atomic mass is 10.00. The largest absolute Gasteiger partial charge is 0.362 e. The van der Waals surface area contributed by atoms with E-state index in [9.17, 15) is 4.79 Å². The molecule has 164 valence electrons. The zero-order chi connectivity index (χ0) is 21.5. The van der Waals surface area contributed by atoms with Gasteiger partial charge in [0.2, 0.25) is 0 Å². The number of anilines is 1. The van der Waals surface area contributed by atoms with E-state index in [1.807, 2.05) is 29.2 Å². The Balaban J connectivity index is 1.16. The third-order valence-electron chi connectivity index (χ3n) is 6.18. The van der Waals surface area contributed by atoms with E-state index in [0.717, 1.165) is 76.2 Å². The molecule has 6 heteroatoms. The second-order valence-corrected chi connectivity index (χ2v) is 8.87. The van der Waals surface area contributed by atoms with Crippen LogP contribution >= 0.6 is 12.2 Å². The molecule has 2 aromatic rings. The number of carbonyl (C=O) groups excluding carboxylic acids is 1. The highest BCUT2D eigenvalue weighted by molar-refractivity contribution is 7.80. The Hall–Kier alpha value is -2.44. The lowest BCUT2D eigenvalue weighted by molar-refractivity contribution is 0.0724. The summed E-state index contributed by atoms with van der Waals surface area (Å²) < 4.78 is 0. The molecule has 2 heterocycles. The lowest BCUT2D eigenvalue weighted by Crippen LogP contribution is -2.35. The maximum Gasteiger partial charge on any atom is 0.253 e. The van der Waals surface area contributed by atoms with Crippen molar-refractivity contribution in [2.24, 2.45) is 0 Å². The third kappa shape index (κ3) is 6.05. The summed E-state index contributed by atoms with van der Waals surface area (Å²) in [5.41, 5.74) is 4.60. The molecule has 0 unspecified atom stereocenters. The van der Waals surface area contributed by atoms with Crippen LogP contribution in [0.15, 0.2) is 48.5 Å². The molecule has 5 nitrogen and oxygen atoms in total. The number of amides is 1. The molecule has 0 aromatic heterocycles. The van der Waals surface area contributed by atoms with E-state index in [4.69, 9.17) is 12.2 Å². The van der Waals surface area contributed by atoms with Gasteiger partial charge < -0.3 is 15.5 Å². The number of rotatable bonds is 6. The van der Waals surface area contributed by atoms with Crippen molar-refractivity contribution in [1.29, 1.82) is 0 Å². The van der Waals surface area contributed by atoms with E-state index in [1.165, 1.54) is 17.5 Å². The van der Waals surface area contributed by atoms with Gasteiger partial charge in [0.25, 0.3) is 5.91 Å². The average Bonchev–Trinajstić information content (AvgIpc) is 2.82. The van der Waals surface area contributed by atoms with Crippen LogP contribution in [0.5, 0.6) is 0 Å². The van der Waals surface area contributed by atoms with Gasteiger partial charge in [-0.15, -0.1) is 0 Å². The standard InChI is InChI=1S/C25H32N4OS/c30-24(29-16-4-1-5-17-29)21-9-11-23(12-10-21)27-25(31)26-14-6-15-28-18-13-20-7-2-3-8-22(20)19-28/h2-3,7-12H,1,4-6,13-19H2,(H2,26,27,31). The predicted molar refractivity (Wildman–Crippen MR) is 130 cm³/mol. The number of carbonyl (C=O) groups is 1. The third-order valence-corrected chi connectivity index (χ3v) is 6.43. The number of nitrogens with one attached hydrogen (secondary N) is 2. The summed E-state index contributed by atoms with van der Waals surface area (Å²) in [6.07, 6.45) is 5.63. The highest BCUT2D eigenvalue weighted by atomic mass is 32.1. The Bertz CT molecular complexity index is 893. The molecule has 0 bridgehead atoms. The highest BCUT2D eigenvalue weighted by Gasteiger charge is 2.18. The van der Waals surface area contributed by atoms with Crippen molar-refractivity contribution in [3.8, 4) is 0 Å². The van der Waals surface area contributed by atoms with Gasteiger partial charge in [-0.3, -0.25) is 9.69 Å². The number of fused-ring (bicyclic) bond motifs is 1. The molecular weight excluding hydrogens is 404 g/mol. The molecule has 2 aliphatic rings. The van der Waals surface area contributed by atoms with Crippen molar-refractivity contribution in [3.05, 3.63) is 65.2 Å². The van der Waals surface area contributed by atoms with Crippen molar-refractivity contribution < 1.29 is 4.79 Å². The topological polar surface area (TPSA) is 47.6 Å². The molecular formula is C25H32N4OS. The fraction of sp³-hybridized carbons (Fsp3) is 0.440. The van der Waals surface area contributed by atoms with Crippen LogP contribution in [0, 0.1) is 0 Å². The quantitative estimate of drug-likeness (QED) is 0.529. The average molecular weight is 437 g/mol. The van der Waals surface area contributed by atoms with Gasteiger partial charge in [0.15, 0.2) is 5.11 Å². The van der Waals surface area contributed by atoms with E-state index in [2.05, 4.69) is 39.8 Å². The summed E-state index contributed by atoms with van der Waals surface area (Å²) in [7, 11) is 0. The molecule has 1 fully saturated rings. The van der Waals surface area contributed by atoms with Crippen molar-refractivity contribution >= 4 is 28.9 Å². The smallest absolute Gasteiger partial charge is 0.253 e. The van der Waals surface area contributed by atoms with Crippen LogP contribution in [0.4, 0.5) is 5.69 Å². The molecule has 2 N–H and O–H groups in total. The first-order valence-electron chi connectivity index (χ1n) is 11.4.